The Hall–Kier alpha value is -6.72. The van der Waals surface area contributed by atoms with Crippen molar-refractivity contribution in [2.45, 2.75) is 6.42 Å². The van der Waals surface area contributed by atoms with Gasteiger partial charge in [0.15, 0.2) is 5.82 Å². The third-order valence-corrected chi connectivity index (χ3v) is 10.5. The van der Waals surface area contributed by atoms with E-state index in [1.54, 1.807) is 6.07 Å². The molecule has 3 heterocycles. The van der Waals surface area contributed by atoms with Crippen LogP contribution in [0.4, 0.5) is 21.5 Å². The summed E-state index contributed by atoms with van der Waals surface area (Å²) >= 11 is 0. The van der Waals surface area contributed by atoms with Gasteiger partial charge >= 0.3 is 0 Å². The summed E-state index contributed by atoms with van der Waals surface area (Å²) in [5.74, 6) is -0.314. The van der Waals surface area contributed by atoms with Gasteiger partial charge in [-0.3, -0.25) is 4.40 Å². The van der Waals surface area contributed by atoms with Crippen LogP contribution in [-0.4, -0.2) is 14.0 Å². The van der Waals surface area contributed by atoms with E-state index in [-0.39, 0.29) is 5.82 Å². The number of para-hydroxylation sites is 2. The molecule has 0 spiro atoms. The minimum atomic E-state index is -0.314. The minimum Gasteiger partial charge on any atom is -0.310 e. The van der Waals surface area contributed by atoms with Crippen LogP contribution in [0.2, 0.25) is 0 Å². The zero-order valence-electron chi connectivity index (χ0n) is 27.5. The Kier molecular flexibility index (Phi) is 5.87. The number of nitrogens with zero attached hydrogens (tertiary/aromatic N) is 4. The fourth-order valence-electron chi connectivity index (χ4n) is 8.27. The summed E-state index contributed by atoms with van der Waals surface area (Å²) in [6.07, 6.45) is 7.51. The molecule has 1 aliphatic carbocycles. The lowest BCUT2D eigenvalue weighted by atomic mass is 9.91. The van der Waals surface area contributed by atoms with Crippen molar-refractivity contribution < 1.29 is 4.39 Å². The van der Waals surface area contributed by atoms with Crippen molar-refractivity contribution in [1.82, 2.24) is 14.0 Å². The fraction of sp³-hybridized carbons (Fsp3) is 0.0217. The number of hydrogen-bond donors (Lipinski definition) is 0. The van der Waals surface area contributed by atoms with Crippen molar-refractivity contribution >= 4 is 83.2 Å². The number of allylic oxidation sites excluding steroid dienone is 1. The summed E-state index contributed by atoms with van der Waals surface area (Å²) in [4.78, 5) is 7.10. The molecule has 51 heavy (non-hydrogen) atoms. The van der Waals surface area contributed by atoms with Crippen molar-refractivity contribution in [3.63, 3.8) is 0 Å². The molecule has 0 atom stereocenters. The summed E-state index contributed by atoms with van der Waals surface area (Å²) in [5, 5.41) is 7.17. The van der Waals surface area contributed by atoms with Crippen molar-refractivity contribution in [3.8, 4) is 5.69 Å². The predicted molar refractivity (Wildman–Crippen MR) is 209 cm³/mol. The number of imidazole rings is 1. The summed E-state index contributed by atoms with van der Waals surface area (Å²) in [7, 11) is 0. The fourth-order valence-corrected chi connectivity index (χ4v) is 8.27. The average Bonchev–Trinajstić information content (AvgIpc) is 3.71. The standard InChI is InChI=1S/C46H29FN4/c47-40-20-9-21-41-45(40)48-43-27-38-39-25-32-14-6-12-30-13-7-19-37(44(30)32)46(39)51(42(38)28-49(41)43)35-18-8-17-34(26-35)50(33-15-2-1-3-16-33)36-23-22-29-10-4-5-11-31(29)24-36/h1-13,15-28H,14H2. The highest BCUT2D eigenvalue weighted by molar-refractivity contribution is 6.21. The first-order valence-corrected chi connectivity index (χ1v) is 17.3. The van der Waals surface area contributed by atoms with Crippen molar-refractivity contribution in [2.75, 3.05) is 4.90 Å². The number of anilines is 3. The van der Waals surface area contributed by atoms with Gasteiger partial charge in [0.2, 0.25) is 0 Å². The third kappa shape index (κ3) is 4.15. The number of rotatable bonds is 4. The Morgan fingerprint density at radius 3 is 2.33 bits per heavy atom. The topological polar surface area (TPSA) is 25.5 Å². The van der Waals surface area contributed by atoms with Gasteiger partial charge in [-0.1, -0.05) is 91.0 Å². The lowest BCUT2D eigenvalue weighted by Gasteiger charge is -2.26. The molecule has 7 aromatic carbocycles. The highest BCUT2D eigenvalue weighted by atomic mass is 19.1. The summed E-state index contributed by atoms with van der Waals surface area (Å²) < 4.78 is 19.4. The maximum absolute atomic E-state index is 15.0. The molecule has 240 valence electrons. The van der Waals surface area contributed by atoms with Crippen LogP contribution in [0.1, 0.15) is 11.1 Å². The van der Waals surface area contributed by atoms with E-state index in [0.29, 0.717) is 5.52 Å². The first-order chi connectivity index (χ1) is 25.2. The molecule has 5 heteroatoms. The van der Waals surface area contributed by atoms with Gasteiger partial charge in [0.25, 0.3) is 0 Å². The smallest absolute Gasteiger partial charge is 0.151 e. The number of aromatic nitrogens is 3. The van der Waals surface area contributed by atoms with Crippen LogP contribution < -0.4 is 4.90 Å². The monoisotopic (exact) mass is 656 g/mol. The van der Waals surface area contributed by atoms with Gasteiger partial charge in [-0.05, 0) is 100 Å². The molecule has 0 saturated heterocycles. The number of halogens is 1. The minimum absolute atomic E-state index is 0.314. The molecule has 0 unspecified atom stereocenters. The van der Waals surface area contributed by atoms with Crippen LogP contribution in [0.3, 0.4) is 0 Å². The molecular formula is C46H29FN4. The van der Waals surface area contributed by atoms with E-state index in [1.807, 2.05) is 10.5 Å². The van der Waals surface area contributed by atoms with E-state index in [4.69, 9.17) is 4.98 Å². The van der Waals surface area contributed by atoms with E-state index in [0.717, 1.165) is 62.1 Å². The van der Waals surface area contributed by atoms with Crippen LogP contribution in [0, 0.1) is 5.82 Å². The molecule has 0 aliphatic heterocycles. The Morgan fingerprint density at radius 1 is 0.608 bits per heavy atom. The zero-order valence-corrected chi connectivity index (χ0v) is 27.5. The second-order valence-electron chi connectivity index (χ2n) is 13.4. The molecule has 0 bridgehead atoms. The van der Waals surface area contributed by atoms with Gasteiger partial charge in [-0.15, -0.1) is 0 Å². The maximum Gasteiger partial charge on any atom is 0.151 e. The first-order valence-electron chi connectivity index (χ1n) is 17.3. The summed E-state index contributed by atoms with van der Waals surface area (Å²) in [5.41, 5.74) is 10.8. The molecule has 0 saturated carbocycles. The zero-order chi connectivity index (χ0) is 33.6. The number of pyridine rings is 1. The number of fused-ring (bicyclic) bond motifs is 8. The van der Waals surface area contributed by atoms with E-state index >= 15 is 4.39 Å². The van der Waals surface area contributed by atoms with E-state index in [2.05, 4.69) is 155 Å². The highest BCUT2D eigenvalue weighted by Gasteiger charge is 2.22. The van der Waals surface area contributed by atoms with Gasteiger partial charge in [-0.25, -0.2) is 9.37 Å². The Balaban J connectivity index is 1.23. The largest absolute Gasteiger partial charge is 0.310 e. The molecule has 0 radical (unpaired) electrons. The molecule has 0 fully saturated rings. The van der Waals surface area contributed by atoms with Crippen molar-refractivity contribution in [3.05, 3.63) is 175 Å². The lowest BCUT2D eigenvalue weighted by Crippen LogP contribution is -2.10. The molecule has 3 aromatic heterocycles. The van der Waals surface area contributed by atoms with Gasteiger partial charge in [0.1, 0.15) is 11.2 Å². The van der Waals surface area contributed by atoms with E-state index in [9.17, 15) is 0 Å². The van der Waals surface area contributed by atoms with Crippen LogP contribution in [0.25, 0.3) is 71.8 Å². The third-order valence-electron chi connectivity index (χ3n) is 10.5. The van der Waals surface area contributed by atoms with Gasteiger partial charge in [-0.2, -0.15) is 0 Å². The molecule has 4 nitrogen and oxygen atoms in total. The van der Waals surface area contributed by atoms with Crippen molar-refractivity contribution in [2.24, 2.45) is 0 Å². The predicted octanol–water partition coefficient (Wildman–Crippen LogP) is 12.1. The maximum atomic E-state index is 15.0. The quantitative estimate of drug-likeness (QED) is 0.188. The highest BCUT2D eigenvalue weighted by Crippen LogP contribution is 2.43. The van der Waals surface area contributed by atoms with Crippen LogP contribution in [0.5, 0.6) is 0 Å². The lowest BCUT2D eigenvalue weighted by molar-refractivity contribution is 0.637. The van der Waals surface area contributed by atoms with Crippen LogP contribution in [-0.2, 0) is 6.42 Å². The summed E-state index contributed by atoms with van der Waals surface area (Å²) in [6, 6.07) is 50.8. The second kappa shape index (κ2) is 10.6. The number of benzene rings is 7. The van der Waals surface area contributed by atoms with Gasteiger partial charge < -0.3 is 9.47 Å². The summed E-state index contributed by atoms with van der Waals surface area (Å²) in [6.45, 7) is 0. The first kappa shape index (κ1) is 28.2. The Bertz CT molecular complexity index is 3080. The van der Waals surface area contributed by atoms with Gasteiger partial charge in [0, 0.05) is 45.1 Å². The Morgan fingerprint density at radius 2 is 1.41 bits per heavy atom. The van der Waals surface area contributed by atoms with Gasteiger partial charge in [0.05, 0.1) is 16.6 Å². The molecule has 1 aliphatic rings. The van der Waals surface area contributed by atoms with Crippen LogP contribution in [0.15, 0.2) is 158 Å². The van der Waals surface area contributed by atoms with Crippen LogP contribution >= 0.6 is 0 Å². The number of hydrogen-bond acceptors (Lipinski definition) is 2. The second-order valence-corrected chi connectivity index (χ2v) is 13.4. The van der Waals surface area contributed by atoms with Crippen molar-refractivity contribution in [1.29, 1.82) is 0 Å². The Labute approximate surface area is 292 Å². The molecule has 0 N–H and O–H groups in total. The molecule has 10 aromatic rings. The SMILES string of the molecule is Fc1cccc2c1nc1cc3c4cc5c6c(cccc6c4n(-c4cccc(N(c6ccccc6)c6ccc7ccccc7c6)c4)c3cn12)C=CC5. The normalized spacial score (nSPS) is 12.6. The van der Waals surface area contributed by atoms with E-state index < -0.39 is 0 Å². The average molecular weight is 657 g/mol. The molecule has 0 amide bonds. The molecule has 11 rings (SSSR count). The van der Waals surface area contributed by atoms with E-state index in [1.165, 1.54) is 38.7 Å². The molecular weight excluding hydrogens is 628 g/mol.